The monoisotopic (exact) mass is 260 g/mol. The summed E-state index contributed by atoms with van der Waals surface area (Å²) in [5, 5.41) is 14.3. The van der Waals surface area contributed by atoms with E-state index in [4.69, 9.17) is 0 Å². The van der Waals surface area contributed by atoms with E-state index >= 15 is 0 Å². The second-order valence-electron chi connectivity index (χ2n) is 5.59. The van der Waals surface area contributed by atoms with Crippen molar-refractivity contribution in [2.45, 2.75) is 46.8 Å². The molecule has 5 heteroatoms. The zero-order chi connectivity index (χ0) is 14.2. The molecule has 2 aromatic heterocycles. The number of nitrogens with zero attached hydrogens (tertiary/aromatic N) is 4. The maximum Gasteiger partial charge on any atom is 0.158 e. The van der Waals surface area contributed by atoms with Gasteiger partial charge in [0.1, 0.15) is 5.82 Å². The molecule has 0 aromatic carbocycles. The van der Waals surface area contributed by atoms with E-state index in [-0.39, 0.29) is 0 Å². The zero-order valence-electron chi connectivity index (χ0n) is 12.1. The van der Waals surface area contributed by atoms with Crippen molar-refractivity contribution in [1.29, 1.82) is 0 Å². The molecule has 0 amide bonds. The highest BCUT2D eigenvalue weighted by Gasteiger charge is 2.19. The summed E-state index contributed by atoms with van der Waals surface area (Å²) < 4.78 is 1.75. The average molecular weight is 260 g/mol. The van der Waals surface area contributed by atoms with Crippen LogP contribution in [0.1, 0.15) is 31.1 Å². The zero-order valence-corrected chi connectivity index (χ0v) is 12.1. The molecule has 0 fully saturated rings. The lowest BCUT2D eigenvalue weighted by molar-refractivity contribution is 0.0581. The van der Waals surface area contributed by atoms with Crippen LogP contribution in [-0.4, -0.2) is 30.5 Å². The van der Waals surface area contributed by atoms with Gasteiger partial charge in [0.15, 0.2) is 5.82 Å². The SMILES string of the molecule is Cc1cc(-c2nc(C)nn2CC(C)(C)O)cc(C)n1. The topological polar surface area (TPSA) is 63.8 Å². The predicted molar refractivity (Wildman–Crippen MR) is 73.8 cm³/mol. The second kappa shape index (κ2) is 4.74. The molecule has 0 unspecified atom stereocenters. The van der Waals surface area contributed by atoms with E-state index in [1.54, 1.807) is 18.5 Å². The van der Waals surface area contributed by atoms with Crippen LogP contribution in [0.15, 0.2) is 12.1 Å². The molecule has 0 aliphatic rings. The minimum absolute atomic E-state index is 0.406. The molecular formula is C14H20N4O. The first kappa shape index (κ1) is 13.7. The molecule has 2 heterocycles. The number of hydrogen-bond acceptors (Lipinski definition) is 4. The third kappa shape index (κ3) is 3.38. The summed E-state index contributed by atoms with van der Waals surface area (Å²) in [4.78, 5) is 8.82. The van der Waals surface area contributed by atoms with Crippen LogP contribution in [-0.2, 0) is 6.54 Å². The van der Waals surface area contributed by atoms with E-state index in [1.807, 2.05) is 32.9 Å². The van der Waals surface area contributed by atoms with Crippen molar-refractivity contribution < 1.29 is 5.11 Å². The van der Waals surface area contributed by atoms with Gasteiger partial charge in [0.25, 0.3) is 0 Å². The fraction of sp³-hybridized carbons (Fsp3) is 0.500. The lowest BCUT2D eigenvalue weighted by Crippen LogP contribution is -2.27. The van der Waals surface area contributed by atoms with Crippen LogP contribution in [0.25, 0.3) is 11.4 Å². The number of aromatic nitrogens is 4. The van der Waals surface area contributed by atoms with Crippen molar-refractivity contribution in [1.82, 2.24) is 19.7 Å². The Morgan fingerprint density at radius 2 is 1.68 bits per heavy atom. The minimum atomic E-state index is -0.827. The highest BCUT2D eigenvalue weighted by Crippen LogP contribution is 2.20. The van der Waals surface area contributed by atoms with Gasteiger partial charge < -0.3 is 5.11 Å². The third-order valence-corrected chi connectivity index (χ3v) is 2.65. The molecule has 0 aliphatic heterocycles. The Balaban J connectivity index is 2.49. The molecule has 0 spiro atoms. The van der Waals surface area contributed by atoms with Crippen molar-refractivity contribution >= 4 is 0 Å². The van der Waals surface area contributed by atoms with Gasteiger partial charge in [0, 0.05) is 17.0 Å². The summed E-state index contributed by atoms with van der Waals surface area (Å²) in [6.45, 7) is 9.70. The van der Waals surface area contributed by atoms with Crippen LogP contribution in [0.4, 0.5) is 0 Å². The van der Waals surface area contributed by atoms with E-state index in [2.05, 4.69) is 15.1 Å². The molecular weight excluding hydrogens is 240 g/mol. The quantitative estimate of drug-likeness (QED) is 0.917. The fourth-order valence-corrected chi connectivity index (χ4v) is 2.11. The minimum Gasteiger partial charge on any atom is -0.389 e. The summed E-state index contributed by atoms with van der Waals surface area (Å²) in [6.07, 6.45) is 0. The van der Waals surface area contributed by atoms with Gasteiger partial charge in [-0.3, -0.25) is 4.98 Å². The summed E-state index contributed by atoms with van der Waals surface area (Å²) in [6, 6.07) is 3.97. The van der Waals surface area contributed by atoms with Crippen LogP contribution in [0.2, 0.25) is 0 Å². The Hall–Kier alpha value is -1.75. The standard InChI is InChI=1S/C14H20N4O/c1-9-6-12(7-10(2)15-9)13-16-11(3)17-18(13)8-14(4,5)19/h6-7,19H,8H2,1-5H3. The van der Waals surface area contributed by atoms with Gasteiger partial charge in [0.2, 0.25) is 0 Å². The van der Waals surface area contributed by atoms with Gasteiger partial charge in [-0.15, -0.1) is 0 Å². The molecule has 2 rings (SSSR count). The first-order valence-corrected chi connectivity index (χ1v) is 6.34. The van der Waals surface area contributed by atoms with Crippen LogP contribution in [0.5, 0.6) is 0 Å². The van der Waals surface area contributed by atoms with Crippen LogP contribution in [0.3, 0.4) is 0 Å². The van der Waals surface area contributed by atoms with Crippen LogP contribution >= 0.6 is 0 Å². The van der Waals surface area contributed by atoms with E-state index in [0.29, 0.717) is 12.4 Å². The maximum absolute atomic E-state index is 9.96. The van der Waals surface area contributed by atoms with E-state index in [1.165, 1.54) is 0 Å². The molecule has 19 heavy (non-hydrogen) atoms. The number of rotatable bonds is 3. The normalized spacial score (nSPS) is 11.9. The van der Waals surface area contributed by atoms with Crippen molar-refractivity contribution in [3.8, 4) is 11.4 Å². The molecule has 0 aliphatic carbocycles. The van der Waals surface area contributed by atoms with Crippen LogP contribution < -0.4 is 0 Å². The van der Waals surface area contributed by atoms with Crippen molar-refractivity contribution in [2.75, 3.05) is 0 Å². The second-order valence-corrected chi connectivity index (χ2v) is 5.59. The van der Waals surface area contributed by atoms with E-state index in [0.717, 1.165) is 22.8 Å². The molecule has 0 saturated carbocycles. The number of pyridine rings is 1. The van der Waals surface area contributed by atoms with Crippen LogP contribution in [0, 0.1) is 20.8 Å². The molecule has 0 bridgehead atoms. The summed E-state index contributed by atoms with van der Waals surface area (Å²) in [5.74, 6) is 1.47. The lowest BCUT2D eigenvalue weighted by atomic mass is 10.1. The highest BCUT2D eigenvalue weighted by atomic mass is 16.3. The van der Waals surface area contributed by atoms with Gasteiger partial charge in [0.05, 0.1) is 12.1 Å². The molecule has 5 nitrogen and oxygen atoms in total. The average Bonchev–Trinajstić information content (AvgIpc) is 2.55. The highest BCUT2D eigenvalue weighted by molar-refractivity contribution is 5.56. The smallest absolute Gasteiger partial charge is 0.158 e. The first-order chi connectivity index (χ1) is 8.74. The Bertz CT molecular complexity index is 576. The third-order valence-electron chi connectivity index (χ3n) is 2.65. The van der Waals surface area contributed by atoms with Gasteiger partial charge in [-0.05, 0) is 46.8 Å². The van der Waals surface area contributed by atoms with Gasteiger partial charge in [-0.25, -0.2) is 9.67 Å². The summed E-state index contributed by atoms with van der Waals surface area (Å²) >= 11 is 0. The molecule has 1 N–H and O–H groups in total. The van der Waals surface area contributed by atoms with E-state index in [9.17, 15) is 5.11 Å². The largest absolute Gasteiger partial charge is 0.389 e. The summed E-state index contributed by atoms with van der Waals surface area (Å²) in [7, 11) is 0. The number of aliphatic hydroxyl groups is 1. The number of hydrogen-bond donors (Lipinski definition) is 1. The fourth-order valence-electron chi connectivity index (χ4n) is 2.11. The first-order valence-electron chi connectivity index (χ1n) is 6.34. The number of aryl methyl sites for hydroxylation is 3. The molecule has 0 radical (unpaired) electrons. The lowest BCUT2D eigenvalue weighted by Gasteiger charge is -2.18. The van der Waals surface area contributed by atoms with Crippen molar-refractivity contribution in [3.63, 3.8) is 0 Å². The maximum atomic E-state index is 9.96. The molecule has 2 aromatic rings. The van der Waals surface area contributed by atoms with E-state index < -0.39 is 5.60 Å². The molecule has 0 atom stereocenters. The van der Waals surface area contributed by atoms with Gasteiger partial charge in [-0.1, -0.05) is 0 Å². The Kier molecular flexibility index (Phi) is 3.41. The Morgan fingerprint density at radius 3 is 2.21 bits per heavy atom. The Labute approximate surface area is 113 Å². The predicted octanol–water partition coefficient (Wildman–Crippen LogP) is 2.04. The molecule has 102 valence electrons. The summed E-state index contributed by atoms with van der Waals surface area (Å²) in [5.41, 5.74) is 2.05. The van der Waals surface area contributed by atoms with Crippen molar-refractivity contribution in [2.24, 2.45) is 0 Å². The van der Waals surface area contributed by atoms with Gasteiger partial charge >= 0.3 is 0 Å². The Morgan fingerprint density at radius 1 is 1.11 bits per heavy atom. The van der Waals surface area contributed by atoms with Crippen molar-refractivity contribution in [3.05, 3.63) is 29.3 Å². The molecule has 0 saturated heterocycles. The van der Waals surface area contributed by atoms with Gasteiger partial charge in [-0.2, -0.15) is 5.10 Å².